The van der Waals surface area contributed by atoms with E-state index in [1.165, 1.54) is 10.9 Å². The van der Waals surface area contributed by atoms with Crippen LogP contribution in [0.4, 0.5) is 0 Å². The summed E-state index contributed by atoms with van der Waals surface area (Å²) in [6.45, 7) is 2.01. The van der Waals surface area contributed by atoms with E-state index in [-0.39, 0.29) is 24.4 Å². The molecule has 46 heavy (non-hydrogen) atoms. The minimum absolute atomic E-state index is 0.0209. The van der Waals surface area contributed by atoms with Gasteiger partial charge in [-0.15, -0.1) is 5.10 Å². The molecule has 0 aliphatic heterocycles. The minimum atomic E-state index is -0.311. The molecule has 1 atom stereocenters. The van der Waals surface area contributed by atoms with Crippen LogP contribution in [-0.2, 0) is 11.3 Å². The Morgan fingerprint density at radius 2 is 1.70 bits per heavy atom. The van der Waals surface area contributed by atoms with Crippen LogP contribution in [0.2, 0.25) is 0 Å². The average Bonchev–Trinajstić information content (AvgIpc) is 3.47. The molecule has 0 bridgehead atoms. The number of nitrogens with zero attached hydrogens (tertiary/aromatic N) is 4. The Kier molecular flexibility index (Phi) is 12.3. The van der Waals surface area contributed by atoms with Crippen LogP contribution >= 0.6 is 28.1 Å². The zero-order valence-electron chi connectivity index (χ0n) is 25.3. The fourth-order valence-corrected chi connectivity index (χ4v) is 4.93. The van der Waals surface area contributed by atoms with Gasteiger partial charge < -0.3 is 14.8 Å². The lowest BCUT2D eigenvalue weighted by atomic mass is 10.1. The number of carbonyl (C=O) groups excluding carboxylic acids is 2. The molecule has 2 amide bonds. The van der Waals surface area contributed by atoms with Gasteiger partial charge in [0.1, 0.15) is 23.6 Å². The van der Waals surface area contributed by atoms with Crippen molar-refractivity contribution in [1.29, 1.82) is 0 Å². The van der Waals surface area contributed by atoms with Crippen LogP contribution in [0.25, 0.3) is 11.0 Å². The topological polar surface area (TPSA) is 132 Å². The van der Waals surface area contributed by atoms with Gasteiger partial charge in [-0.3, -0.25) is 14.9 Å². The Labute approximate surface area is 280 Å². The fraction of sp³-hybridized carbons (Fsp3) is 0.152. The molecule has 3 N–H and O–H groups in total. The molecule has 5 aromatic rings. The van der Waals surface area contributed by atoms with Gasteiger partial charge in [-0.1, -0.05) is 59.8 Å². The number of aromatic nitrogens is 3. The van der Waals surface area contributed by atoms with E-state index in [1.54, 1.807) is 38.5 Å². The highest BCUT2D eigenvalue weighted by Crippen LogP contribution is 2.22. The second-order valence-electron chi connectivity index (χ2n) is 9.68. The van der Waals surface area contributed by atoms with Crippen molar-refractivity contribution >= 4 is 62.3 Å². The van der Waals surface area contributed by atoms with Crippen molar-refractivity contribution in [2.24, 2.45) is 5.10 Å². The summed E-state index contributed by atoms with van der Waals surface area (Å²) in [4.78, 5) is 24.2. The lowest BCUT2D eigenvalue weighted by molar-refractivity contribution is -0.121. The van der Waals surface area contributed by atoms with E-state index in [4.69, 9.17) is 21.7 Å². The van der Waals surface area contributed by atoms with Gasteiger partial charge in [0.05, 0.1) is 37.6 Å². The molecule has 13 heteroatoms. The summed E-state index contributed by atoms with van der Waals surface area (Å²) >= 11 is 8.54. The van der Waals surface area contributed by atoms with Crippen molar-refractivity contribution in [3.05, 3.63) is 118 Å². The number of methoxy groups -OCH3 is 2. The summed E-state index contributed by atoms with van der Waals surface area (Å²) in [5.74, 6) is 0.748. The van der Waals surface area contributed by atoms with Gasteiger partial charge in [-0.25, -0.2) is 10.1 Å². The maximum atomic E-state index is 12.1. The van der Waals surface area contributed by atoms with Crippen LogP contribution in [0.3, 0.4) is 0 Å². The van der Waals surface area contributed by atoms with E-state index in [0.717, 1.165) is 21.1 Å². The van der Waals surface area contributed by atoms with Gasteiger partial charge >= 0.3 is 0 Å². The number of para-hydroxylation sites is 1. The zero-order valence-corrected chi connectivity index (χ0v) is 27.7. The van der Waals surface area contributed by atoms with Gasteiger partial charge in [-0.2, -0.15) is 5.10 Å². The molecule has 4 aromatic carbocycles. The first-order chi connectivity index (χ1) is 22.3. The van der Waals surface area contributed by atoms with Gasteiger partial charge in [0.15, 0.2) is 5.11 Å². The molecule has 0 radical (unpaired) electrons. The number of nitrogens with one attached hydrogen (secondary N) is 3. The smallest absolute Gasteiger partial charge is 0.261 e. The van der Waals surface area contributed by atoms with Crippen LogP contribution in [-0.4, -0.2) is 52.4 Å². The van der Waals surface area contributed by atoms with Crippen LogP contribution in [0.5, 0.6) is 11.5 Å². The molecular weight excluding hydrogens is 670 g/mol. The summed E-state index contributed by atoms with van der Waals surface area (Å²) in [7, 11) is 3.14. The van der Waals surface area contributed by atoms with Crippen molar-refractivity contribution in [2.45, 2.75) is 19.5 Å². The maximum Gasteiger partial charge on any atom is 0.261 e. The first-order valence-electron chi connectivity index (χ1n) is 14.0. The largest absolute Gasteiger partial charge is 0.497 e. The standard InChI is InChI=1S/C17H17N5O3.C16H15BrN2OS/c1-24-13-7-8-16(25-2)12(9-13)10-18-20-17(23)11-22-15-6-4-3-5-14(15)19-21-22;1-11(12-7-3-2-4-8-12)18-16(21)19-15(20)13-9-5-6-10-14(13)17/h3-10H,11H2,1-2H3,(H,20,23);2-11H,1H3,(H2,18,19,20,21)/b18-10-;. The number of hydrogen-bond donors (Lipinski definition) is 3. The third-order valence-corrected chi connectivity index (χ3v) is 7.45. The van der Waals surface area contributed by atoms with Crippen molar-refractivity contribution in [2.75, 3.05) is 14.2 Å². The highest BCUT2D eigenvalue weighted by Gasteiger charge is 2.13. The Bertz CT molecular complexity index is 1830. The number of rotatable bonds is 9. The molecule has 0 fully saturated rings. The molecule has 0 saturated carbocycles. The van der Waals surface area contributed by atoms with Gasteiger partial charge in [0.25, 0.3) is 11.8 Å². The first kappa shape index (κ1) is 33.7. The molecule has 11 nitrogen and oxygen atoms in total. The number of fused-ring (bicyclic) bond motifs is 1. The van der Waals surface area contributed by atoms with Crippen LogP contribution in [0.1, 0.15) is 34.5 Å². The predicted molar refractivity (Wildman–Crippen MR) is 185 cm³/mol. The van der Waals surface area contributed by atoms with E-state index in [2.05, 4.69) is 47.4 Å². The highest BCUT2D eigenvalue weighted by atomic mass is 79.9. The van der Waals surface area contributed by atoms with Gasteiger partial charge in [0, 0.05) is 10.0 Å². The second kappa shape index (κ2) is 16.8. The number of hydrogen-bond acceptors (Lipinski definition) is 8. The summed E-state index contributed by atoms with van der Waals surface area (Å²) in [5, 5.41) is 18.0. The molecule has 0 aliphatic carbocycles. The van der Waals surface area contributed by atoms with Crippen LogP contribution in [0, 0.1) is 0 Å². The molecule has 0 aliphatic rings. The zero-order chi connectivity index (χ0) is 32.9. The highest BCUT2D eigenvalue weighted by molar-refractivity contribution is 9.10. The van der Waals surface area contributed by atoms with Crippen molar-refractivity contribution in [3.8, 4) is 11.5 Å². The van der Waals surface area contributed by atoms with Crippen LogP contribution < -0.4 is 25.5 Å². The summed E-state index contributed by atoms with van der Waals surface area (Å²) in [6, 6.07) is 29.9. The molecule has 5 rings (SSSR count). The summed E-state index contributed by atoms with van der Waals surface area (Å²) < 4.78 is 12.7. The second-order valence-corrected chi connectivity index (χ2v) is 10.9. The van der Waals surface area contributed by atoms with E-state index < -0.39 is 0 Å². The lowest BCUT2D eigenvalue weighted by Crippen LogP contribution is -2.40. The monoisotopic (exact) mass is 701 g/mol. The first-order valence-corrected chi connectivity index (χ1v) is 15.2. The Morgan fingerprint density at radius 3 is 2.43 bits per heavy atom. The number of carbonyl (C=O) groups is 2. The van der Waals surface area contributed by atoms with E-state index in [0.29, 0.717) is 27.7 Å². The third kappa shape index (κ3) is 9.43. The SMILES string of the molecule is CC(NC(=S)NC(=O)c1ccccc1Br)c1ccccc1.COc1ccc(OC)c(/C=N\NC(=O)Cn2nnc3ccccc32)c1. The quantitative estimate of drug-likeness (QED) is 0.106. The fourth-order valence-electron chi connectivity index (χ4n) is 4.19. The summed E-state index contributed by atoms with van der Waals surface area (Å²) in [6.07, 6.45) is 1.50. The van der Waals surface area contributed by atoms with Crippen LogP contribution in [0.15, 0.2) is 107 Å². The molecule has 0 spiro atoms. The Morgan fingerprint density at radius 1 is 0.978 bits per heavy atom. The third-order valence-electron chi connectivity index (χ3n) is 6.54. The van der Waals surface area contributed by atoms with Crippen molar-refractivity contribution in [3.63, 3.8) is 0 Å². The number of halogens is 1. The number of benzene rings is 4. The number of hydrazone groups is 1. The predicted octanol–water partition coefficient (Wildman–Crippen LogP) is 5.41. The Hall–Kier alpha value is -5.14. The Balaban J connectivity index is 0.000000212. The molecule has 0 saturated heterocycles. The minimum Gasteiger partial charge on any atom is -0.497 e. The van der Waals surface area contributed by atoms with Gasteiger partial charge in [0.2, 0.25) is 0 Å². The number of thiocarbonyl (C=S) groups is 1. The molecule has 1 unspecified atom stereocenters. The summed E-state index contributed by atoms with van der Waals surface area (Å²) in [5.41, 5.74) is 6.34. The van der Waals surface area contributed by atoms with Crippen molar-refractivity contribution in [1.82, 2.24) is 31.1 Å². The molecule has 236 valence electrons. The number of ether oxygens (including phenoxy) is 2. The van der Waals surface area contributed by atoms with Crippen molar-refractivity contribution < 1.29 is 19.1 Å². The van der Waals surface area contributed by atoms with Gasteiger partial charge in [-0.05, 0) is 83.1 Å². The molecular formula is C33H32BrN7O4S. The maximum absolute atomic E-state index is 12.1. The molecule has 1 aromatic heterocycles. The average molecular weight is 703 g/mol. The van der Waals surface area contributed by atoms with E-state index in [1.807, 2.05) is 79.7 Å². The molecule has 1 heterocycles. The normalized spacial score (nSPS) is 11.2. The van der Waals surface area contributed by atoms with E-state index >= 15 is 0 Å². The van der Waals surface area contributed by atoms with E-state index in [9.17, 15) is 9.59 Å². The lowest BCUT2D eigenvalue weighted by Gasteiger charge is -2.17. The number of amides is 2.